The van der Waals surface area contributed by atoms with E-state index in [0.717, 1.165) is 23.6 Å². The lowest BCUT2D eigenvalue weighted by molar-refractivity contribution is 0.0987. The monoisotopic (exact) mass is 302 g/mol. The van der Waals surface area contributed by atoms with Crippen molar-refractivity contribution in [2.45, 2.75) is 13.3 Å². The van der Waals surface area contributed by atoms with Gasteiger partial charge in [-0.05, 0) is 31.5 Å². The van der Waals surface area contributed by atoms with Crippen LogP contribution in [0, 0.1) is 6.92 Å². The van der Waals surface area contributed by atoms with Crippen LogP contribution in [-0.2, 0) is 0 Å². The van der Waals surface area contributed by atoms with Crippen molar-refractivity contribution in [1.82, 2.24) is 4.98 Å². The zero-order valence-electron chi connectivity index (χ0n) is 11.7. The second kappa shape index (κ2) is 5.74. The van der Waals surface area contributed by atoms with Gasteiger partial charge in [0.15, 0.2) is 0 Å². The lowest BCUT2D eigenvalue weighted by Crippen LogP contribution is -2.31. The number of nitrogens with zero attached hydrogens (tertiary/aromatic N) is 2. The van der Waals surface area contributed by atoms with Crippen molar-refractivity contribution in [3.05, 3.63) is 52.8 Å². The molecule has 0 spiro atoms. The smallest absolute Gasteiger partial charge is 0.261 e. The third kappa shape index (κ3) is 2.72. The molecule has 0 saturated heterocycles. The molecule has 3 rings (SSSR count). The quantitative estimate of drug-likeness (QED) is 0.810. The minimum absolute atomic E-state index is 0.148. The fourth-order valence-electron chi connectivity index (χ4n) is 2.37. The molecule has 0 N–H and O–H groups in total. The molecule has 1 aliphatic rings. The summed E-state index contributed by atoms with van der Waals surface area (Å²) in [5, 5.41) is 0.426. The molecule has 0 fully saturated rings. The number of halogens is 1. The van der Waals surface area contributed by atoms with Crippen molar-refractivity contribution in [1.29, 1.82) is 0 Å². The van der Waals surface area contributed by atoms with Crippen LogP contribution in [0.1, 0.15) is 22.5 Å². The van der Waals surface area contributed by atoms with E-state index in [9.17, 15) is 4.79 Å². The molecular formula is C16H15ClN2O2. The van der Waals surface area contributed by atoms with E-state index in [1.54, 1.807) is 11.0 Å². The van der Waals surface area contributed by atoms with Crippen LogP contribution in [0.4, 0.5) is 5.69 Å². The summed E-state index contributed by atoms with van der Waals surface area (Å²) in [6.07, 6.45) is 2.31. The number of pyridine rings is 1. The largest absolute Gasteiger partial charge is 0.491 e. The van der Waals surface area contributed by atoms with Gasteiger partial charge in [0.05, 0.1) is 22.9 Å². The molecule has 0 bridgehead atoms. The Labute approximate surface area is 128 Å². The molecule has 0 aliphatic carbocycles. The molecule has 1 aliphatic heterocycles. The number of amides is 1. The highest BCUT2D eigenvalue weighted by Crippen LogP contribution is 2.32. The Morgan fingerprint density at radius 3 is 3.00 bits per heavy atom. The topological polar surface area (TPSA) is 42.4 Å². The summed E-state index contributed by atoms with van der Waals surface area (Å²) in [6, 6.07) is 9.25. The summed E-state index contributed by atoms with van der Waals surface area (Å²) in [7, 11) is 0. The van der Waals surface area contributed by atoms with Crippen LogP contribution in [-0.4, -0.2) is 24.0 Å². The Balaban J connectivity index is 2.01. The van der Waals surface area contributed by atoms with Crippen LogP contribution in [0.2, 0.25) is 5.02 Å². The fourth-order valence-corrected chi connectivity index (χ4v) is 2.66. The van der Waals surface area contributed by atoms with E-state index < -0.39 is 0 Å². The highest BCUT2D eigenvalue weighted by atomic mass is 35.5. The number of aromatic nitrogens is 1. The highest BCUT2D eigenvalue weighted by Gasteiger charge is 2.24. The van der Waals surface area contributed by atoms with Crippen molar-refractivity contribution in [3.63, 3.8) is 0 Å². The van der Waals surface area contributed by atoms with Crippen molar-refractivity contribution in [2.24, 2.45) is 0 Å². The number of hydrogen-bond acceptors (Lipinski definition) is 3. The van der Waals surface area contributed by atoms with Gasteiger partial charge in [-0.2, -0.15) is 0 Å². The number of anilines is 1. The summed E-state index contributed by atoms with van der Waals surface area (Å²) in [5.41, 5.74) is 1.98. The van der Waals surface area contributed by atoms with Crippen molar-refractivity contribution in [3.8, 4) is 5.75 Å². The minimum atomic E-state index is -0.148. The van der Waals surface area contributed by atoms with Crippen molar-refractivity contribution >= 4 is 23.2 Å². The standard InChI is InChI=1S/C16H15ClN2O2/c1-11-9-13(17)12(10-18-11)16(20)19-7-4-8-21-15-6-3-2-5-14(15)19/h2-3,5-6,9-10H,4,7-8H2,1H3. The Kier molecular flexibility index (Phi) is 3.80. The van der Waals surface area contributed by atoms with E-state index in [2.05, 4.69) is 4.98 Å². The second-order valence-corrected chi connectivity index (χ2v) is 5.34. The molecule has 1 aromatic heterocycles. The average Bonchev–Trinajstić information content (AvgIpc) is 2.69. The number of aryl methyl sites for hydroxylation is 1. The fraction of sp³-hybridized carbons (Fsp3) is 0.250. The molecule has 5 heteroatoms. The third-order valence-electron chi connectivity index (χ3n) is 3.41. The zero-order valence-corrected chi connectivity index (χ0v) is 12.4. The number of fused-ring (bicyclic) bond motifs is 1. The van der Waals surface area contributed by atoms with Crippen molar-refractivity contribution < 1.29 is 9.53 Å². The Bertz CT molecular complexity index is 688. The van der Waals surface area contributed by atoms with Crippen LogP contribution >= 0.6 is 11.6 Å². The minimum Gasteiger partial charge on any atom is -0.491 e. The first-order valence-electron chi connectivity index (χ1n) is 6.82. The zero-order chi connectivity index (χ0) is 14.8. The van der Waals surface area contributed by atoms with Crippen LogP contribution in [0.3, 0.4) is 0 Å². The van der Waals surface area contributed by atoms with Gasteiger partial charge < -0.3 is 9.64 Å². The lowest BCUT2D eigenvalue weighted by atomic mass is 10.2. The molecule has 108 valence electrons. The van der Waals surface area contributed by atoms with Gasteiger partial charge in [-0.1, -0.05) is 23.7 Å². The summed E-state index contributed by atoms with van der Waals surface area (Å²) in [5.74, 6) is 0.574. The molecule has 21 heavy (non-hydrogen) atoms. The Hall–Kier alpha value is -2.07. The summed E-state index contributed by atoms with van der Waals surface area (Å²) in [4.78, 5) is 18.7. The first-order chi connectivity index (χ1) is 10.2. The average molecular weight is 303 g/mol. The lowest BCUT2D eigenvalue weighted by Gasteiger charge is -2.22. The first-order valence-corrected chi connectivity index (χ1v) is 7.20. The van der Waals surface area contributed by atoms with Crippen LogP contribution in [0.15, 0.2) is 36.5 Å². The molecule has 0 saturated carbocycles. The van der Waals surface area contributed by atoms with Crippen molar-refractivity contribution in [2.75, 3.05) is 18.1 Å². The van der Waals surface area contributed by atoms with E-state index in [1.165, 1.54) is 6.20 Å². The number of rotatable bonds is 1. The van der Waals surface area contributed by atoms with Gasteiger partial charge in [-0.25, -0.2) is 0 Å². The summed E-state index contributed by atoms with van der Waals surface area (Å²) >= 11 is 6.19. The maximum atomic E-state index is 12.8. The maximum Gasteiger partial charge on any atom is 0.261 e. The van der Waals surface area contributed by atoms with Gasteiger partial charge in [0.2, 0.25) is 0 Å². The third-order valence-corrected chi connectivity index (χ3v) is 3.72. The number of carbonyl (C=O) groups excluding carboxylic acids is 1. The van der Waals surface area contributed by atoms with Gasteiger partial charge in [-0.3, -0.25) is 9.78 Å². The van der Waals surface area contributed by atoms with Crippen LogP contribution in [0.5, 0.6) is 5.75 Å². The molecule has 0 unspecified atom stereocenters. The number of para-hydroxylation sites is 2. The van der Waals surface area contributed by atoms with Gasteiger partial charge in [0.1, 0.15) is 5.75 Å². The number of benzene rings is 1. The summed E-state index contributed by atoms with van der Waals surface area (Å²) in [6.45, 7) is 3.04. The van der Waals surface area contributed by atoms with E-state index in [4.69, 9.17) is 16.3 Å². The van der Waals surface area contributed by atoms with E-state index in [1.807, 2.05) is 31.2 Å². The van der Waals surface area contributed by atoms with Gasteiger partial charge in [-0.15, -0.1) is 0 Å². The van der Waals surface area contributed by atoms with Gasteiger partial charge >= 0.3 is 0 Å². The number of ether oxygens (including phenoxy) is 1. The highest BCUT2D eigenvalue weighted by molar-refractivity contribution is 6.34. The number of carbonyl (C=O) groups is 1. The van der Waals surface area contributed by atoms with Crippen LogP contribution < -0.4 is 9.64 Å². The second-order valence-electron chi connectivity index (χ2n) is 4.93. The Morgan fingerprint density at radius 1 is 1.38 bits per heavy atom. The normalized spacial score (nSPS) is 14.1. The van der Waals surface area contributed by atoms with E-state index in [0.29, 0.717) is 23.7 Å². The molecule has 4 nitrogen and oxygen atoms in total. The Morgan fingerprint density at radius 2 is 2.19 bits per heavy atom. The van der Waals surface area contributed by atoms with E-state index >= 15 is 0 Å². The molecular weight excluding hydrogens is 288 g/mol. The van der Waals surface area contributed by atoms with Gasteiger partial charge in [0, 0.05) is 18.4 Å². The molecule has 0 atom stereocenters. The van der Waals surface area contributed by atoms with E-state index in [-0.39, 0.29) is 5.91 Å². The SMILES string of the molecule is Cc1cc(Cl)c(C(=O)N2CCCOc3ccccc32)cn1. The molecule has 2 heterocycles. The van der Waals surface area contributed by atoms with Gasteiger partial charge in [0.25, 0.3) is 5.91 Å². The summed E-state index contributed by atoms with van der Waals surface area (Å²) < 4.78 is 5.67. The molecule has 1 aromatic carbocycles. The maximum absolute atomic E-state index is 12.8. The molecule has 1 amide bonds. The number of hydrogen-bond donors (Lipinski definition) is 0. The predicted octanol–water partition coefficient (Wildman–Crippen LogP) is 3.47. The predicted molar refractivity (Wildman–Crippen MR) is 82.2 cm³/mol. The molecule has 2 aromatic rings. The van der Waals surface area contributed by atoms with Crippen LogP contribution in [0.25, 0.3) is 0 Å². The molecule has 0 radical (unpaired) electrons. The first kappa shape index (κ1) is 13.9.